The van der Waals surface area contributed by atoms with E-state index in [0.717, 1.165) is 25.9 Å². The second-order valence-electron chi connectivity index (χ2n) is 6.34. The Balaban J connectivity index is 1.56. The fourth-order valence-corrected chi connectivity index (χ4v) is 4.02. The summed E-state index contributed by atoms with van der Waals surface area (Å²) in [5.41, 5.74) is 0. The summed E-state index contributed by atoms with van der Waals surface area (Å²) >= 11 is 6.10. The van der Waals surface area contributed by atoms with Crippen LogP contribution in [-0.2, 0) is 14.8 Å². The SMILES string of the molecule is CS(=O)(=O)N1CCC(COc2cc(Cl)nc(N3CCOCC3)n2)CC1. The third kappa shape index (κ3) is 5.16. The fourth-order valence-electron chi connectivity index (χ4n) is 2.98. The maximum atomic E-state index is 11.5. The predicted octanol–water partition coefficient (Wildman–Crippen LogP) is 1.02. The van der Waals surface area contributed by atoms with Gasteiger partial charge in [-0.15, -0.1) is 0 Å². The lowest BCUT2D eigenvalue weighted by Crippen LogP contribution is -2.39. The molecule has 0 bridgehead atoms. The van der Waals surface area contributed by atoms with E-state index in [4.69, 9.17) is 21.1 Å². The third-order valence-corrected chi connectivity index (χ3v) is 5.96. The van der Waals surface area contributed by atoms with Crippen LogP contribution in [-0.4, -0.2) is 74.9 Å². The van der Waals surface area contributed by atoms with Gasteiger partial charge in [0.15, 0.2) is 0 Å². The molecule has 0 radical (unpaired) electrons. The number of morpholine rings is 1. The highest BCUT2D eigenvalue weighted by atomic mass is 35.5. The summed E-state index contributed by atoms with van der Waals surface area (Å²) in [6, 6.07) is 1.61. The van der Waals surface area contributed by atoms with Crippen LogP contribution in [0.25, 0.3) is 0 Å². The van der Waals surface area contributed by atoms with Crippen LogP contribution in [0.1, 0.15) is 12.8 Å². The number of sulfonamides is 1. The first-order valence-corrected chi connectivity index (χ1v) is 10.6. The Morgan fingerprint density at radius 3 is 2.56 bits per heavy atom. The van der Waals surface area contributed by atoms with Crippen LogP contribution in [0, 0.1) is 5.92 Å². The largest absolute Gasteiger partial charge is 0.477 e. The van der Waals surface area contributed by atoms with Gasteiger partial charge in [0.05, 0.1) is 26.1 Å². The van der Waals surface area contributed by atoms with Crippen molar-refractivity contribution in [3.8, 4) is 5.88 Å². The number of hydrogen-bond acceptors (Lipinski definition) is 7. The monoisotopic (exact) mass is 390 g/mol. The average Bonchev–Trinajstić information content (AvgIpc) is 2.60. The van der Waals surface area contributed by atoms with Gasteiger partial charge in [-0.3, -0.25) is 0 Å². The second kappa shape index (κ2) is 8.03. The molecule has 0 spiro atoms. The Morgan fingerprint density at radius 2 is 1.92 bits per heavy atom. The Labute approximate surface area is 153 Å². The molecule has 2 aliphatic rings. The van der Waals surface area contributed by atoms with Crippen molar-refractivity contribution in [2.75, 3.05) is 57.2 Å². The van der Waals surface area contributed by atoms with E-state index in [1.807, 2.05) is 4.90 Å². The highest BCUT2D eigenvalue weighted by Crippen LogP contribution is 2.23. The Hall–Kier alpha value is -1.16. The van der Waals surface area contributed by atoms with E-state index in [0.29, 0.717) is 55.8 Å². The van der Waals surface area contributed by atoms with Crippen LogP contribution in [0.4, 0.5) is 5.95 Å². The molecule has 2 fully saturated rings. The van der Waals surface area contributed by atoms with Crippen molar-refractivity contribution >= 4 is 27.6 Å². The third-order valence-electron chi connectivity index (χ3n) is 4.46. The number of ether oxygens (including phenoxy) is 2. The quantitative estimate of drug-likeness (QED) is 0.694. The number of rotatable bonds is 5. The van der Waals surface area contributed by atoms with E-state index >= 15 is 0 Å². The molecule has 140 valence electrons. The van der Waals surface area contributed by atoms with E-state index < -0.39 is 10.0 Å². The molecule has 0 aliphatic carbocycles. The lowest BCUT2D eigenvalue weighted by atomic mass is 9.99. The first-order valence-electron chi connectivity index (χ1n) is 8.37. The molecule has 1 aromatic rings. The van der Waals surface area contributed by atoms with Crippen molar-refractivity contribution in [3.05, 3.63) is 11.2 Å². The van der Waals surface area contributed by atoms with Gasteiger partial charge < -0.3 is 14.4 Å². The Bertz CT molecular complexity index is 689. The summed E-state index contributed by atoms with van der Waals surface area (Å²) in [4.78, 5) is 10.7. The van der Waals surface area contributed by atoms with Gasteiger partial charge in [-0.05, 0) is 18.8 Å². The summed E-state index contributed by atoms with van der Waals surface area (Å²) in [7, 11) is -3.10. The zero-order valence-corrected chi connectivity index (χ0v) is 15.8. The number of piperidine rings is 1. The highest BCUT2D eigenvalue weighted by molar-refractivity contribution is 7.88. The first kappa shape index (κ1) is 18.6. The maximum absolute atomic E-state index is 11.5. The molecule has 0 aromatic carbocycles. The van der Waals surface area contributed by atoms with Gasteiger partial charge in [-0.25, -0.2) is 17.7 Å². The first-order chi connectivity index (χ1) is 11.9. The van der Waals surface area contributed by atoms with E-state index in [1.54, 1.807) is 6.07 Å². The molecular weight excluding hydrogens is 368 g/mol. The summed E-state index contributed by atoms with van der Waals surface area (Å²) < 4.78 is 35.8. The van der Waals surface area contributed by atoms with E-state index in [2.05, 4.69) is 9.97 Å². The van der Waals surface area contributed by atoms with Crippen LogP contribution in [0.15, 0.2) is 6.07 Å². The van der Waals surface area contributed by atoms with Crippen molar-refractivity contribution < 1.29 is 17.9 Å². The van der Waals surface area contributed by atoms with Crippen LogP contribution >= 0.6 is 11.6 Å². The molecule has 2 aliphatic heterocycles. The lowest BCUT2D eigenvalue weighted by molar-refractivity contribution is 0.122. The van der Waals surface area contributed by atoms with Crippen LogP contribution in [0.2, 0.25) is 5.15 Å². The second-order valence-corrected chi connectivity index (χ2v) is 8.71. The van der Waals surface area contributed by atoms with Crippen molar-refractivity contribution in [2.24, 2.45) is 5.92 Å². The maximum Gasteiger partial charge on any atom is 0.230 e. The summed E-state index contributed by atoms with van der Waals surface area (Å²) in [5.74, 6) is 1.31. The smallest absolute Gasteiger partial charge is 0.230 e. The topological polar surface area (TPSA) is 84.9 Å². The molecular formula is C15H23ClN4O4S. The van der Waals surface area contributed by atoms with Gasteiger partial charge in [0.25, 0.3) is 0 Å². The van der Waals surface area contributed by atoms with E-state index in [-0.39, 0.29) is 0 Å². The minimum absolute atomic E-state index is 0.304. The highest BCUT2D eigenvalue weighted by Gasteiger charge is 2.25. The molecule has 1 aromatic heterocycles. The average molecular weight is 391 g/mol. The molecule has 3 rings (SSSR count). The molecule has 0 unspecified atom stereocenters. The number of halogens is 1. The fraction of sp³-hybridized carbons (Fsp3) is 0.733. The standard InChI is InChI=1S/C15H23ClN4O4S/c1-25(21,22)20-4-2-12(3-5-20)11-24-14-10-13(16)17-15(18-14)19-6-8-23-9-7-19/h10,12H,2-9,11H2,1H3. The van der Waals surface area contributed by atoms with Gasteiger partial charge in [-0.2, -0.15) is 4.98 Å². The van der Waals surface area contributed by atoms with Crippen molar-refractivity contribution in [3.63, 3.8) is 0 Å². The zero-order valence-electron chi connectivity index (χ0n) is 14.2. The molecule has 0 amide bonds. The molecule has 3 heterocycles. The number of nitrogens with zero attached hydrogens (tertiary/aromatic N) is 4. The van der Waals surface area contributed by atoms with Crippen LogP contribution in [0.5, 0.6) is 5.88 Å². The molecule has 0 atom stereocenters. The Kier molecular flexibility index (Phi) is 5.98. The van der Waals surface area contributed by atoms with Gasteiger partial charge in [0, 0.05) is 32.2 Å². The van der Waals surface area contributed by atoms with Crippen molar-refractivity contribution in [2.45, 2.75) is 12.8 Å². The minimum atomic E-state index is -3.10. The minimum Gasteiger partial charge on any atom is -0.477 e. The van der Waals surface area contributed by atoms with Crippen molar-refractivity contribution in [1.82, 2.24) is 14.3 Å². The normalized spacial score (nSPS) is 20.6. The van der Waals surface area contributed by atoms with Crippen LogP contribution in [0.3, 0.4) is 0 Å². The van der Waals surface area contributed by atoms with E-state index in [9.17, 15) is 8.42 Å². The Morgan fingerprint density at radius 1 is 1.24 bits per heavy atom. The van der Waals surface area contributed by atoms with Gasteiger partial charge in [0.2, 0.25) is 21.9 Å². The number of hydrogen-bond donors (Lipinski definition) is 0. The lowest BCUT2D eigenvalue weighted by Gasteiger charge is -2.30. The molecule has 10 heteroatoms. The van der Waals surface area contributed by atoms with Crippen LogP contribution < -0.4 is 9.64 Å². The molecule has 8 nitrogen and oxygen atoms in total. The predicted molar refractivity (Wildman–Crippen MR) is 94.7 cm³/mol. The summed E-state index contributed by atoms with van der Waals surface area (Å²) in [5, 5.41) is 0.346. The van der Waals surface area contributed by atoms with E-state index in [1.165, 1.54) is 10.6 Å². The summed E-state index contributed by atoms with van der Waals surface area (Å²) in [6.07, 6.45) is 2.81. The molecule has 0 saturated carbocycles. The zero-order chi connectivity index (χ0) is 17.9. The van der Waals surface area contributed by atoms with Gasteiger partial charge in [-0.1, -0.05) is 11.6 Å². The number of aromatic nitrogens is 2. The van der Waals surface area contributed by atoms with Crippen molar-refractivity contribution in [1.29, 1.82) is 0 Å². The van der Waals surface area contributed by atoms with Gasteiger partial charge >= 0.3 is 0 Å². The molecule has 25 heavy (non-hydrogen) atoms. The number of anilines is 1. The molecule has 0 N–H and O–H groups in total. The molecule has 2 saturated heterocycles. The summed E-state index contributed by atoms with van der Waals surface area (Å²) in [6.45, 7) is 4.31. The van der Waals surface area contributed by atoms with Gasteiger partial charge in [0.1, 0.15) is 5.15 Å².